The summed E-state index contributed by atoms with van der Waals surface area (Å²) in [6.45, 7) is 5.28. The molecule has 1 N–H and O–H groups in total. The first-order valence-electron chi connectivity index (χ1n) is 11.4. The molecule has 1 amide bonds. The topological polar surface area (TPSA) is 81.7 Å². The normalized spacial score (nSPS) is 16.4. The molecule has 0 radical (unpaired) electrons. The van der Waals surface area contributed by atoms with Crippen molar-refractivity contribution in [1.29, 1.82) is 0 Å². The summed E-state index contributed by atoms with van der Waals surface area (Å²) in [5.41, 5.74) is 1.93. The predicted octanol–water partition coefficient (Wildman–Crippen LogP) is 4.72. The third-order valence-electron chi connectivity index (χ3n) is 5.41. The zero-order chi connectivity index (χ0) is 25.0. The van der Waals surface area contributed by atoms with Gasteiger partial charge in [0.2, 0.25) is 6.10 Å². The van der Waals surface area contributed by atoms with E-state index >= 15 is 0 Å². The quantitative estimate of drug-likeness (QED) is 0.528. The van der Waals surface area contributed by atoms with Gasteiger partial charge in [0.15, 0.2) is 6.04 Å². The molecule has 6 nitrogen and oxygen atoms in total. The summed E-state index contributed by atoms with van der Waals surface area (Å²) >= 11 is 0. The van der Waals surface area contributed by atoms with E-state index in [1.807, 2.05) is 54.6 Å². The van der Waals surface area contributed by atoms with Crippen LogP contribution < -0.4 is 5.32 Å². The lowest BCUT2D eigenvalue weighted by Crippen LogP contribution is -2.43. The fourth-order valence-electron chi connectivity index (χ4n) is 3.94. The summed E-state index contributed by atoms with van der Waals surface area (Å²) in [6, 6.07) is 26.0. The number of ether oxygens (including phenoxy) is 2. The Hall–Kier alpha value is -4.19. The van der Waals surface area contributed by atoms with E-state index in [1.165, 1.54) is 0 Å². The van der Waals surface area contributed by atoms with E-state index in [-0.39, 0.29) is 0 Å². The second-order valence-corrected chi connectivity index (χ2v) is 9.19. The summed E-state index contributed by atoms with van der Waals surface area (Å²) in [6.07, 6.45) is -1.23. The molecule has 178 valence electrons. The molecule has 0 saturated heterocycles. The van der Waals surface area contributed by atoms with E-state index in [0.717, 1.165) is 0 Å². The van der Waals surface area contributed by atoms with Crippen LogP contribution in [-0.4, -0.2) is 29.6 Å². The highest BCUT2D eigenvalue weighted by Crippen LogP contribution is 2.37. The minimum atomic E-state index is -1.23. The number of hydrogen-bond donors (Lipinski definition) is 1. The fraction of sp³-hybridized carbons (Fsp3) is 0.207. The van der Waals surface area contributed by atoms with Crippen LogP contribution in [0.4, 0.5) is 0 Å². The predicted molar refractivity (Wildman–Crippen MR) is 133 cm³/mol. The first-order chi connectivity index (χ1) is 16.7. The Kier molecular flexibility index (Phi) is 6.82. The molecule has 0 bridgehead atoms. The Morgan fingerprint density at radius 2 is 1.34 bits per heavy atom. The van der Waals surface area contributed by atoms with Gasteiger partial charge in [0.1, 0.15) is 5.60 Å². The van der Waals surface area contributed by atoms with Crippen molar-refractivity contribution < 1.29 is 23.9 Å². The van der Waals surface area contributed by atoms with Crippen molar-refractivity contribution >= 4 is 29.0 Å². The van der Waals surface area contributed by atoms with Crippen LogP contribution >= 0.6 is 0 Å². The number of nitrogens with one attached hydrogen (secondary N) is 1. The summed E-state index contributed by atoms with van der Waals surface area (Å²) in [4.78, 5) is 39.6. The maximum Gasteiger partial charge on any atom is 0.340 e. The van der Waals surface area contributed by atoms with Crippen LogP contribution in [-0.2, 0) is 23.9 Å². The molecule has 0 saturated carbocycles. The maximum atomic E-state index is 13.6. The summed E-state index contributed by atoms with van der Waals surface area (Å²) < 4.78 is 11.2. The van der Waals surface area contributed by atoms with Crippen LogP contribution in [0.25, 0.3) is 11.1 Å². The van der Waals surface area contributed by atoms with Crippen molar-refractivity contribution in [1.82, 2.24) is 5.32 Å². The van der Waals surface area contributed by atoms with E-state index in [1.54, 1.807) is 57.2 Å². The summed E-state index contributed by atoms with van der Waals surface area (Å²) in [5, 5.41) is 2.77. The fourth-order valence-corrected chi connectivity index (χ4v) is 3.94. The van der Waals surface area contributed by atoms with Gasteiger partial charge in [-0.15, -0.1) is 0 Å². The van der Waals surface area contributed by atoms with Gasteiger partial charge in [-0.25, -0.2) is 9.59 Å². The van der Waals surface area contributed by atoms with Crippen molar-refractivity contribution in [3.63, 3.8) is 0 Å². The Morgan fingerprint density at radius 3 is 1.89 bits per heavy atom. The second-order valence-electron chi connectivity index (χ2n) is 9.19. The van der Waals surface area contributed by atoms with Crippen LogP contribution in [0, 0.1) is 0 Å². The molecule has 0 spiro atoms. The third kappa shape index (κ3) is 5.49. The largest absolute Gasteiger partial charge is 0.458 e. The lowest BCUT2D eigenvalue weighted by Gasteiger charge is -2.26. The van der Waals surface area contributed by atoms with Gasteiger partial charge in [-0.3, -0.25) is 4.79 Å². The van der Waals surface area contributed by atoms with Gasteiger partial charge in [-0.05, 0) is 37.5 Å². The Balaban J connectivity index is 1.73. The van der Waals surface area contributed by atoms with E-state index in [4.69, 9.17) is 9.47 Å². The van der Waals surface area contributed by atoms with Gasteiger partial charge in [0.05, 0.1) is 5.57 Å². The number of benzene rings is 3. The van der Waals surface area contributed by atoms with Crippen molar-refractivity contribution in [3.05, 3.63) is 108 Å². The smallest absolute Gasteiger partial charge is 0.340 e. The van der Waals surface area contributed by atoms with Crippen LogP contribution in [0.2, 0.25) is 0 Å². The average Bonchev–Trinajstić information content (AvgIpc) is 3.20. The Morgan fingerprint density at radius 1 is 0.829 bits per heavy atom. The van der Waals surface area contributed by atoms with Gasteiger partial charge in [-0.2, -0.15) is 0 Å². The highest BCUT2D eigenvalue weighted by atomic mass is 16.6. The number of cyclic esters (lactones) is 1. The van der Waals surface area contributed by atoms with Crippen LogP contribution in [0.15, 0.2) is 91.0 Å². The standard InChI is InChI=1S/C29H27NO5/c1-29(2,3)35-28(33)24(21-17-11-6-12-18-21)30-26(31)25-22(19-13-7-4-8-14-19)23(27(32)34-25)20-15-9-5-10-16-20/h4-18,24-25H,1-3H3,(H,30,31). The summed E-state index contributed by atoms with van der Waals surface area (Å²) in [5.74, 6) is -1.80. The molecule has 0 aromatic heterocycles. The molecule has 4 rings (SSSR count). The highest BCUT2D eigenvalue weighted by molar-refractivity contribution is 6.30. The van der Waals surface area contributed by atoms with Gasteiger partial charge < -0.3 is 14.8 Å². The number of esters is 2. The van der Waals surface area contributed by atoms with Crippen LogP contribution in [0.5, 0.6) is 0 Å². The first-order valence-corrected chi connectivity index (χ1v) is 11.4. The molecule has 3 aromatic carbocycles. The zero-order valence-corrected chi connectivity index (χ0v) is 19.9. The molecule has 2 atom stereocenters. The number of amides is 1. The summed E-state index contributed by atoms with van der Waals surface area (Å²) in [7, 11) is 0. The monoisotopic (exact) mass is 469 g/mol. The van der Waals surface area contributed by atoms with E-state index in [2.05, 4.69) is 5.32 Å². The molecular formula is C29H27NO5. The SMILES string of the molecule is CC(C)(C)OC(=O)C(NC(=O)C1OC(=O)C(c2ccccc2)=C1c1ccccc1)c1ccccc1. The van der Waals surface area contributed by atoms with E-state index < -0.39 is 35.6 Å². The number of rotatable bonds is 6. The van der Waals surface area contributed by atoms with E-state index in [9.17, 15) is 14.4 Å². The van der Waals surface area contributed by atoms with Crippen molar-refractivity contribution in [2.45, 2.75) is 38.5 Å². The molecule has 6 heteroatoms. The van der Waals surface area contributed by atoms with Gasteiger partial charge in [0, 0.05) is 5.57 Å². The van der Waals surface area contributed by atoms with Gasteiger partial charge >= 0.3 is 11.9 Å². The first kappa shape index (κ1) is 24.0. The maximum absolute atomic E-state index is 13.6. The highest BCUT2D eigenvalue weighted by Gasteiger charge is 2.41. The van der Waals surface area contributed by atoms with Crippen LogP contribution in [0.3, 0.4) is 0 Å². The molecule has 35 heavy (non-hydrogen) atoms. The Bertz CT molecular complexity index is 1240. The minimum Gasteiger partial charge on any atom is -0.458 e. The molecule has 0 aliphatic carbocycles. The van der Waals surface area contributed by atoms with E-state index in [0.29, 0.717) is 27.8 Å². The van der Waals surface area contributed by atoms with Gasteiger partial charge in [-0.1, -0.05) is 91.0 Å². The molecule has 0 fully saturated rings. The number of carbonyl (C=O) groups is 3. The molecule has 1 aliphatic rings. The van der Waals surface area contributed by atoms with Crippen molar-refractivity contribution in [2.75, 3.05) is 0 Å². The second kappa shape index (κ2) is 9.97. The minimum absolute atomic E-state index is 0.325. The Labute approximate surface area is 204 Å². The molecule has 1 aliphatic heterocycles. The third-order valence-corrected chi connectivity index (χ3v) is 5.41. The number of hydrogen-bond acceptors (Lipinski definition) is 5. The number of carbonyl (C=O) groups excluding carboxylic acids is 3. The zero-order valence-electron chi connectivity index (χ0n) is 19.9. The lowest BCUT2D eigenvalue weighted by molar-refractivity contribution is -0.159. The molecule has 3 aromatic rings. The molecule has 1 heterocycles. The lowest BCUT2D eigenvalue weighted by atomic mass is 9.92. The van der Waals surface area contributed by atoms with Crippen LogP contribution in [0.1, 0.15) is 43.5 Å². The van der Waals surface area contributed by atoms with Crippen molar-refractivity contribution in [3.8, 4) is 0 Å². The molecule has 2 unspecified atom stereocenters. The average molecular weight is 470 g/mol. The van der Waals surface area contributed by atoms with Gasteiger partial charge in [0.25, 0.3) is 5.91 Å². The van der Waals surface area contributed by atoms with Crippen molar-refractivity contribution in [2.24, 2.45) is 0 Å². The molecular weight excluding hydrogens is 442 g/mol.